The summed E-state index contributed by atoms with van der Waals surface area (Å²) in [5.41, 5.74) is 0.230. The zero-order valence-corrected chi connectivity index (χ0v) is 9.82. The van der Waals surface area contributed by atoms with Gasteiger partial charge in [0, 0.05) is 18.8 Å². The maximum absolute atomic E-state index is 10.9. The molecule has 5 heteroatoms. The zero-order valence-electron chi connectivity index (χ0n) is 9.07. The van der Waals surface area contributed by atoms with Gasteiger partial charge >= 0.3 is 5.97 Å². The van der Waals surface area contributed by atoms with E-state index in [4.69, 9.17) is 16.7 Å². The van der Waals surface area contributed by atoms with E-state index in [0.29, 0.717) is 11.6 Å². The van der Waals surface area contributed by atoms with E-state index >= 15 is 0 Å². The number of halogens is 1. The first-order valence-corrected chi connectivity index (χ1v) is 5.05. The largest absolute Gasteiger partial charge is 0.477 e. The number of nitrogens with zero attached hydrogens (tertiary/aromatic N) is 2. The number of aromatic nitrogens is 1. The molecule has 0 saturated heterocycles. The van der Waals surface area contributed by atoms with Crippen LogP contribution < -0.4 is 0 Å². The molecule has 84 valence electrons. The number of hydrogen-bond acceptors (Lipinski definition) is 2. The highest BCUT2D eigenvalue weighted by atomic mass is 35.5. The Bertz CT molecular complexity index is 360. The first-order valence-electron chi connectivity index (χ1n) is 4.67. The van der Waals surface area contributed by atoms with Crippen LogP contribution in [0.5, 0.6) is 0 Å². The Morgan fingerprint density at radius 3 is 2.73 bits per heavy atom. The van der Waals surface area contributed by atoms with Crippen molar-refractivity contribution in [2.75, 3.05) is 14.1 Å². The van der Waals surface area contributed by atoms with Crippen LogP contribution in [0.1, 0.15) is 17.4 Å². The topological polar surface area (TPSA) is 45.5 Å². The zero-order chi connectivity index (χ0) is 11.6. The van der Waals surface area contributed by atoms with Crippen LogP contribution in [0.4, 0.5) is 0 Å². The van der Waals surface area contributed by atoms with Crippen molar-refractivity contribution in [1.82, 2.24) is 9.47 Å². The number of aromatic carboxylic acids is 1. The summed E-state index contributed by atoms with van der Waals surface area (Å²) >= 11 is 5.77. The third-order valence-electron chi connectivity index (χ3n) is 2.42. The number of carboxylic acids is 1. The summed E-state index contributed by atoms with van der Waals surface area (Å²) in [6, 6.07) is 1.72. The normalized spacial score (nSPS) is 13.1. The first kappa shape index (κ1) is 12.1. The second kappa shape index (κ2) is 4.68. The van der Waals surface area contributed by atoms with Gasteiger partial charge < -0.3 is 14.6 Å². The lowest BCUT2D eigenvalue weighted by atomic mass is 10.3. The minimum absolute atomic E-state index is 0.230. The van der Waals surface area contributed by atoms with Gasteiger partial charge in [-0.05, 0) is 27.1 Å². The van der Waals surface area contributed by atoms with Gasteiger partial charge in [-0.3, -0.25) is 0 Å². The first-order chi connectivity index (χ1) is 6.91. The molecule has 0 bridgehead atoms. The van der Waals surface area contributed by atoms with Crippen molar-refractivity contribution in [3.05, 3.63) is 23.0 Å². The standard InChI is InChI=1S/C10H15ClN2O2/c1-7(12(2)3)5-13-6-8(11)4-9(13)10(14)15/h4,6-7H,5H2,1-3H3,(H,14,15). The Balaban J connectivity index is 2.89. The summed E-state index contributed by atoms with van der Waals surface area (Å²) in [5.74, 6) is -0.951. The van der Waals surface area contributed by atoms with E-state index in [1.54, 1.807) is 10.8 Å². The minimum Gasteiger partial charge on any atom is -0.477 e. The van der Waals surface area contributed by atoms with Crippen LogP contribution in [0.25, 0.3) is 0 Å². The van der Waals surface area contributed by atoms with Crippen LogP contribution in [0.3, 0.4) is 0 Å². The number of rotatable bonds is 4. The fourth-order valence-electron chi connectivity index (χ4n) is 1.25. The molecule has 0 aromatic carbocycles. The third-order valence-corrected chi connectivity index (χ3v) is 2.63. The second-order valence-corrected chi connectivity index (χ2v) is 4.25. The van der Waals surface area contributed by atoms with Crippen molar-refractivity contribution in [2.24, 2.45) is 0 Å². The predicted molar refractivity (Wildman–Crippen MR) is 59.6 cm³/mol. The second-order valence-electron chi connectivity index (χ2n) is 3.81. The summed E-state index contributed by atoms with van der Waals surface area (Å²) in [7, 11) is 3.91. The van der Waals surface area contributed by atoms with Crippen LogP contribution in [0, 0.1) is 0 Å². The van der Waals surface area contributed by atoms with E-state index in [1.165, 1.54) is 6.07 Å². The molecule has 0 spiro atoms. The maximum atomic E-state index is 10.9. The molecule has 1 unspecified atom stereocenters. The third kappa shape index (κ3) is 2.97. The minimum atomic E-state index is -0.951. The van der Waals surface area contributed by atoms with Gasteiger partial charge in [0.05, 0.1) is 5.02 Å². The lowest BCUT2D eigenvalue weighted by molar-refractivity contribution is 0.0683. The van der Waals surface area contributed by atoms with Crippen LogP contribution >= 0.6 is 11.6 Å². The van der Waals surface area contributed by atoms with Crippen LogP contribution in [-0.4, -0.2) is 40.7 Å². The molecule has 15 heavy (non-hydrogen) atoms. The number of carboxylic acid groups (broad SMARTS) is 1. The van der Waals surface area contributed by atoms with Crippen LogP contribution in [0.15, 0.2) is 12.3 Å². The summed E-state index contributed by atoms with van der Waals surface area (Å²) in [4.78, 5) is 12.9. The molecule has 0 aliphatic carbocycles. The SMILES string of the molecule is CC(Cn1cc(Cl)cc1C(=O)O)N(C)C. The Kier molecular flexibility index (Phi) is 3.77. The van der Waals surface area contributed by atoms with E-state index in [1.807, 2.05) is 25.9 Å². The predicted octanol–water partition coefficient (Wildman–Crippen LogP) is 1.79. The molecule has 1 aromatic rings. The van der Waals surface area contributed by atoms with Crippen LogP contribution in [0.2, 0.25) is 5.02 Å². The molecule has 1 rings (SSSR count). The Labute approximate surface area is 94.1 Å². The molecule has 0 fully saturated rings. The lowest BCUT2D eigenvalue weighted by Gasteiger charge is -2.20. The smallest absolute Gasteiger partial charge is 0.352 e. The number of carbonyl (C=O) groups is 1. The van der Waals surface area contributed by atoms with Crippen molar-refractivity contribution >= 4 is 17.6 Å². The quantitative estimate of drug-likeness (QED) is 0.858. The summed E-state index contributed by atoms with van der Waals surface area (Å²) in [6.07, 6.45) is 1.64. The molecule has 1 N–H and O–H groups in total. The number of hydrogen-bond donors (Lipinski definition) is 1. The molecular weight excluding hydrogens is 216 g/mol. The fourth-order valence-corrected chi connectivity index (χ4v) is 1.47. The Morgan fingerprint density at radius 2 is 2.27 bits per heavy atom. The summed E-state index contributed by atoms with van der Waals surface area (Å²) in [5, 5.41) is 9.39. The molecule has 0 saturated carbocycles. The molecule has 4 nitrogen and oxygen atoms in total. The van der Waals surface area contributed by atoms with Crippen LogP contribution in [-0.2, 0) is 6.54 Å². The van der Waals surface area contributed by atoms with Gasteiger partial charge in [-0.25, -0.2) is 4.79 Å². The summed E-state index contributed by atoms with van der Waals surface area (Å²) in [6.45, 7) is 2.64. The van der Waals surface area contributed by atoms with Gasteiger partial charge in [0.15, 0.2) is 0 Å². The highest BCUT2D eigenvalue weighted by Crippen LogP contribution is 2.15. The van der Waals surface area contributed by atoms with Crippen molar-refractivity contribution in [3.8, 4) is 0 Å². The molecule has 0 radical (unpaired) electrons. The van der Waals surface area contributed by atoms with Gasteiger partial charge in [-0.15, -0.1) is 0 Å². The van der Waals surface area contributed by atoms with E-state index in [-0.39, 0.29) is 11.7 Å². The van der Waals surface area contributed by atoms with E-state index in [0.717, 1.165) is 0 Å². The highest BCUT2D eigenvalue weighted by molar-refractivity contribution is 6.30. The molecule has 1 aromatic heterocycles. The monoisotopic (exact) mass is 230 g/mol. The lowest BCUT2D eigenvalue weighted by Crippen LogP contribution is -2.30. The van der Waals surface area contributed by atoms with Crippen molar-refractivity contribution in [1.29, 1.82) is 0 Å². The van der Waals surface area contributed by atoms with Gasteiger partial charge in [0.25, 0.3) is 0 Å². The number of likely N-dealkylation sites (N-methyl/N-ethyl adjacent to an activating group) is 1. The molecule has 0 amide bonds. The maximum Gasteiger partial charge on any atom is 0.352 e. The van der Waals surface area contributed by atoms with Gasteiger partial charge in [-0.2, -0.15) is 0 Å². The average molecular weight is 231 g/mol. The average Bonchev–Trinajstić information content (AvgIpc) is 2.46. The van der Waals surface area contributed by atoms with E-state index in [2.05, 4.69) is 0 Å². The van der Waals surface area contributed by atoms with E-state index in [9.17, 15) is 4.79 Å². The molecular formula is C10H15ClN2O2. The Morgan fingerprint density at radius 1 is 1.67 bits per heavy atom. The van der Waals surface area contributed by atoms with E-state index < -0.39 is 5.97 Å². The van der Waals surface area contributed by atoms with Crippen molar-refractivity contribution in [3.63, 3.8) is 0 Å². The Hall–Kier alpha value is -1.00. The van der Waals surface area contributed by atoms with Gasteiger partial charge in [0.1, 0.15) is 5.69 Å². The highest BCUT2D eigenvalue weighted by Gasteiger charge is 2.14. The van der Waals surface area contributed by atoms with Gasteiger partial charge in [0.2, 0.25) is 0 Å². The molecule has 0 aliphatic rings. The van der Waals surface area contributed by atoms with Crippen molar-refractivity contribution < 1.29 is 9.90 Å². The fraction of sp³-hybridized carbons (Fsp3) is 0.500. The van der Waals surface area contributed by atoms with Crippen molar-refractivity contribution in [2.45, 2.75) is 19.5 Å². The van der Waals surface area contributed by atoms with Gasteiger partial charge in [-0.1, -0.05) is 11.6 Å². The molecule has 0 aliphatic heterocycles. The molecule has 1 atom stereocenters. The molecule has 1 heterocycles. The summed E-state index contributed by atoms with van der Waals surface area (Å²) < 4.78 is 1.66.